The number of unbranched alkanes of at least 4 members (excludes halogenated alkanes) is 2. The van der Waals surface area contributed by atoms with Crippen molar-refractivity contribution in [3.05, 3.63) is 40.7 Å². The van der Waals surface area contributed by atoms with Crippen molar-refractivity contribution in [3.8, 4) is 11.3 Å². The molecule has 2 rings (SSSR count). The highest BCUT2D eigenvalue weighted by atomic mass is 16.2. The average molecular weight is 274 g/mol. The number of hydrogen-bond donors (Lipinski definition) is 3. The molecule has 1 aromatic carbocycles. The van der Waals surface area contributed by atoms with E-state index in [4.69, 9.17) is 5.11 Å². The minimum Gasteiger partial charge on any atom is -0.396 e. The number of aromatic amines is 1. The molecule has 0 bridgehead atoms. The van der Waals surface area contributed by atoms with Crippen LogP contribution in [-0.2, 0) is 0 Å². The average Bonchev–Trinajstić information content (AvgIpc) is 2.48. The lowest BCUT2D eigenvalue weighted by Gasteiger charge is -2.05. The molecule has 3 N–H and O–H groups in total. The minimum absolute atomic E-state index is 0.211. The second kappa shape index (κ2) is 7.40. The van der Waals surface area contributed by atoms with Gasteiger partial charge in [-0.05, 0) is 19.3 Å². The highest BCUT2D eigenvalue weighted by Gasteiger charge is 2.06. The zero-order valence-electron chi connectivity index (χ0n) is 11.2. The lowest BCUT2D eigenvalue weighted by Crippen LogP contribution is -2.17. The van der Waals surface area contributed by atoms with Crippen LogP contribution in [0.5, 0.6) is 0 Å². The van der Waals surface area contributed by atoms with Crippen LogP contribution in [0.3, 0.4) is 0 Å². The summed E-state index contributed by atoms with van der Waals surface area (Å²) in [7, 11) is 0. The summed E-state index contributed by atoms with van der Waals surface area (Å²) in [5, 5.41) is 19.6. The summed E-state index contributed by atoms with van der Waals surface area (Å²) >= 11 is 0. The summed E-state index contributed by atoms with van der Waals surface area (Å²) in [6.45, 7) is 0.901. The Morgan fingerprint density at radius 2 is 1.90 bits per heavy atom. The fraction of sp³-hybridized carbons (Fsp3) is 0.357. The quantitative estimate of drug-likeness (QED) is 0.664. The van der Waals surface area contributed by atoms with Crippen molar-refractivity contribution in [3.63, 3.8) is 0 Å². The van der Waals surface area contributed by atoms with E-state index in [1.165, 1.54) is 0 Å². The van der Waals surface area contributed by atoms with Gasteiger partial charge in [-0.25, -0.2) is 0 Å². The number of benzene rings is 1. The van der Waals surface area contributed by atoms with Gasteiger partial charge in [0.05, 0.1) is 0 Å². The molecule has 0 saturated carbocycles. The molecular formula is C14H18N4O2. The summed E-state index contributed by atoms with van der Waals surface area (Å²) in [6, 6.07) is 9.23. The Morgan fingerprint density at radius 3 is 2.60 bits per heavy atom. The highest BCUT2D eigenvalue weighted by Crippen LogP contribution is 2.10. The van der Waals surface area contributed by atoms with E-state index < -0.39 is 0 Å². The number of rotatable bonds is 7. The minimum atomic E-state index is -0.260. The number of anilines is 1. The smallest absolute Gasteiger partial charge is 0.279 e. The Morgan fingerprint density at radius 1 is 1.10 bits per heavy atom. The molecular weight excluding hydrogens is 256 g/mol. The Hall–Kier alpha value is -2.21. The molecule has 6 heteroatoms. The van der Waals surface area contributed by atoms with Crippen molar-refractivity contribution < 1.29 is 5.11 Å². The number of hydrogen-bond acceptors (Lipinski definition) is 5. The first kappa shape index (κ1) is 14.2. The second-order valence-electron chi connectivity index (χ2n) is 4.43. The summed E-state index contributed by atoms with van der Waals surface area (Å²) in [6.07, 6.45) is 2.63. The van der Waals surface area contributed by atoms with Crippen molar-refractivity contribution >= 4 is 5.95 Å². The van der Waals surface area contributed by atoms with E-state index in [-0.39, 0.29) is 12.2 Å². The highest BCUT2D eigenvalue weighted by molar-refractivity contribution is 5.57. The van der Waals surface area contributed by atoms with Gasteiger partial charge in [0.25, 0.3) is 5.56 Å². The summed E-state index contributed by atoms with van der Waals surface area (Å²) in [5.74, 6) is 0.374. The molecule has 0 aliphatic carbocycles. The van der Waals surface area contributed by atoms with Crippen molar-refractivity contribution in [2.45, 2.75) is 19.3 Å². The maximum absolute atomic E-state index is 11.9. The van der Waals surface area contributed by atoms with Crippen LogP contribution in [0.25, 0.3) is 11.3 Å². The third kappa shape index (κ3) is 3.89. The van der Waals surface area contributed by atoms with Crippen LogP contribution in [-0.4, -0.2) is 33.4 Å². The van der Waals surface area contributed by atoms with Gasteiger partial charge in [-0.3, -0.25) is 9.78 Å². The van der Waals surface area contributed by atoms with Gasteiger partial charge in [-0.2, -0.15) is 0 Å². The maximum Gasteiger partial charge on any atom is 0.279 e. The normalized spacial score (nSPS) is 10.4. The van der Waals surface area contributed by atoms with Gasteiger partial charge in [0.2, 0.25) is 5.95 Å². The second-order valence-corrected chi connectivity index (χ2v) is 4.43. The van der Waals surface area contributed by atoms with E-state index in [1.54, 1.807) is 0 Å². The van der Waals surface area contributed by atoms with E-state index in [1.807, 2.05) is 30.3 Å². The SMILES string of the molecule is O=c1[nH]c(NCCCCCO)nnc1-c1ccccc1. The topological polar surface area (TPSA) is 90.9 Å². The maximum atomic E-state index is 11.9. The van der Waals surface area contributed by atoms with Crippen LogP contribution in [0.2, 0.25) is 0 Å². The van der Waals surface area contributed by atoms with Crippen LogP contribution in [0.15, 0.2) is 35.1 Å². The predicted molar refractivity (Wildman–Crippen MR) is 77.5 cm³/mol. The Kier molecular flexibility index (Phi) is 5.25. The van der Waals surface area contributed by atoms with Gasteiger partial charge < -0.3 is 10.4 Å². The molecule has 1 heterocycles. The van der Waals surface area contributed by atoms with Crippen LogP contribution in [0.1, 0.15) is 19.3 Å². The van der Waals surface area contributed by atoms with Gasteiger partial charge in [-0.15, -0.1) is 10.2 Å². The largest absolute Gasteiger partial charge is 0.396 e. The van der Waals surface area contributed by atoms with E-state index >= 15 is 0 Å². The molecule has 106 valence electrons. The van der Waals surface area contributed by atoms with Crippen LogP contribution in [0, 0.1) is 0 Å². The van der Waals surface area contributed by atoms with Gasteiger partial charge in [0.15, 0.2) is 5.69 Å². The number of nitrogens with zero attached hydrogens (tertiary/aromatic N) is 2. The number of aliphatic hydroxyl groups is 1. The zero-order chi connectivity index (χ0) is 14.2. The fourth-order valence-electron chi connectivity index (χ4n) is 1.82. The van der Waals surface area contributed by atoms with E-state index in [2.05, 4.69) is 20.5 Å². The van der Waals surface area contributed by atoms with E-state index in [9.17, 15) is 4.79 Å². The standard InChI is InChI=1S/C14H18N4O2/c19-10-6-2-5-9-15-14-16-13(20)12(17-18-14)11-7-3-1-4-8-11/h1,3-4,7-8,19H,2,5-6,9-10H2,(H2,15,16,18,20). The van der Waals surface area contributed by atoms with Crippen LogP contribution >= 0.6 is 0 Å². The first-order valence-electron chi connectivity index (χ1n) is 6.68. The molecule has 6 nitrogen and oxygen atoms in total. The molecule has 0 spiro atoms. The Balaban J connectivity index is 1.98. The van der Waals surface area contributed by atoms with Crippen molar-refractivity contribution in [1.29, 1.82) is 0 Å². The molecule has 0 aliphatic heterocycles. The first-order chi connectivity index (χ1) is 9.81. The first-order valence-corrected chi connectivity index (χ1v) is 6.68. The zero-order valence-corrected chi connectivity index (χ0v) is 11.2. The predicted octanol–water partition coefficient (Wildman–Crippen LogP) is 1.41. The molecule has 0 fully saturated rings. The number of H-pyrrole nitrogens is 1. The summed E-state index contributed by atoms with van der Waals surface area (Å²) < 4.78 is 0. The molecule has 0 atom stereocenters. The molecule has 0 amide bonds. The molecule has 2 aromatic rings. The van der Waals surface area contributed by atoms with Gasteiger partial charge in [-0.1, -0.05) is 30.3 Å². The number of nitrogens with one attached hydrogen (secondary N) is 2. The van der Waals surface area contributed by atoms with Gasteiger partial charge in [0, 0.05) is 18.7 Å². The van der Waals surface area contributed by atoms with Gasteiger partial charge >= 0.3 is 0 Å². The number of aromatic nitrogens is 3. The third-order valence-corrected chi connectivity index (χ3v) is 2.87. The monoisotopic (exact) mass is 274 g/mol. The van der Waals surface area contributed by atoms with Crippen molar-refractivity contribution in [1.82, 2.24) is 15.2 Å². The molecule has 0 radical (unpaired) electrons. The van der Waals surface area contributed by atoms with Crippen LogP contribution < -0.4 is 10.9 Å². The molecule has 0 aliphatic rings. The third-order valence-electron chi connectivity index (χ3n) is 2.87. The lowest BCUT2D eigenvalue weighted by molar-refractivity contribution is 0.283. The summed E-state index contributed by atoms with van der Waals surface area (Å²) in [4.78, 5) is 14.6. The fourth-order valence-corrected chi connectivity index (χ4v) is 1.82. The lowest BCUT2D eigenvalue weighted by atomic mass is 10.2. The molecule has 20 heavy (non-hydrogen) atoms. The molecule has 0 unspecified atom stereocenters. The molecule has 1 aromatic heterocycles. The van der Waals surface area contributed by atoms with Crippen molar-refractivity contribution in [2.24, 2.45) is 0 Å². The van der Waals surface area contributed by atoms with Crippen LogP contribution in [0.4, 0.5) is 5.95 Å². The van der Waals surface area contributed by atoms with E-state index in [0.29, 0.717) is 18.2 Å². The number of aliphatic hydroxyl groups excluding tert-OH is 1. The van der Waals surface area contributed by atoms with Gasteiger partial charge in [0.1, 0.15) is 0 Å². The Bertz CT molecular complexity index is 583. The van der Waals surface area contributed by atoms with Crippen molar-refractivity contribution in [2.75, 3.05) is 18.5 Å². The Labute approximate surface area is 116 Å². The summed E-state index contributed by atoms with van der Waals surface area (Å²) in [5.41, 5.74) is 0.802. The molecule has 0 saturated heterocycles. The van der Waals surface area contributed by atoms with E-state index in [0.717, 1.165) is 24.8 Å².